The van der Waals surface area contributed by atoms with Crippen LogP contribution in [0.25, 0.3) is 0 Å². The van der Waals surface area contributed by atoms with Crippen LogP contribution in [0.5, 0.6) is 0 Å². The van der Waals surface area contributed by atoms with Crippen LogP contribution >= 0.6 is 0 Å². The Hall–Kier alpha value is -1.23. The van der Waals surface area contributed by atoms with E-state index in [2.05, 4.69) is 4.89 Å². The van der Waals surface area contributed by atoms with Gasteiger partial charge in [-0.3, -0.25) is 4.79 Å². The van der Waals surface area contributed by atoms with E-state index in [4.69, 9.17) is 9.62 Å². The van der Waals surface area contributed by atoms with Gasteiger partial charge in [0.15, 0.2) is 5.78 Å². The SMILES string of the molecule is COCC(COOC)C(=O)c1ccccc1. The molecule has 0 N–H and O–H groups in total. The van der Waals surface area contributed by atoms with Crippen molar-refractivity contribution >= 4 is 5.78 Å². The number of rotatable bonds is 7. The third kappa shape index (κ3) is 3.73. The predicted molar refractivity (Wildman–Crippen MR) is 59.1 cm³/mol. The molecule has 0 aliphatic carbocycles. The monoisotopic (exact) mass is 224 g/mol. The molecule has 0 aliphatic rings. The number of carbonyl (C=O) groups excluding carboxylic acids is 1. The quantitative estimate of drug-likeness (QED) is 0.402. The number of Topliss-reactive ketones (excluding diaryl/α,β-unsaturated/α-hetero) is 1. The van der Waals surface area contributed by atoms with Gasteiger partial charge < -0.3 is 4.74 Å². The van der Waals surface area contributed by atoms with Crippen molar-refractivity contribution < 1.29 is 19.3 Å². The average Bonchev–Trinajstić information content (AvgIpc) is 2.35. The highest BCUT2D eigenvalue weighted by molar-refractivity contribution is 5.98. The number of ether oxygens (including phenoxy) is 1. The van der Waals surface area contributed by atoms with Gasteiger partial charge in [0.25, 0.3) is 0 Å². The van der Waals surface area contributed by atoms with Crippen molar-refractivity contribution in [3.63, 3.8) is 0 Å². The molecule has 1 aromatic rings. The largest absolute Gasteiger partial charge is 0.384 e. The first-order valence-electron chi connectivity index (χ1n) is 5.03. The van der Waals surface area contributed by atoms with Crippen molar-refractivity contribution in [2.45, 2.75) is 0 Å². The van der Waals surface area contributed by atoms with Gasteiger partial charge in [-0.2, -0.15) is 0 Å². The van der Waals surface area contributed by atoms with E-state index in [1.54, 1.807) is 19.2 Å². The van der Waals surface area contributed by atoms with Crippen LogP contribution in [0.3, 0.4) is 0 Å². The van der Waals surface area contributed by atoms with Gasteiger partial charge in [-0.15, -0.1) is 0 Å². The normalized spacial score (nSPS) is 12.4. The summed E-state index contributed by atoms with van der Waals surface area (Å²) in [5.74, 6) is -0.341. The van der Waals surface area contributed by atoms with Crippen molar-refractivity contribution in [2.75, 3.05) is 27.4 Å². The summed E-state index contributed by atoms with van der Waals surface area (Å²) in [6.45, 7) is 0.509. The fourth-order valence-electron chi connectivity index (χ4n) is 1.39. The minimum Gasteiger partial charge on any atom is -0.384 e. The van der Waals surface area contributed by atoms with Crippen LogP contribution in [0, 0.1) is 5.92 Å². The highest BCUT2D eigenvalue weighted by Crippen LogP contribution is 2.10. The van der Waals surface area contributed by atoms with Gasteiger partial charge in [-0.05, 0) is 0 Å². The third-order valence-corrected chi connectivity index (χ3v) is 2.18. The highest BCUT2D eigenvalue weighted by atomic mass is 17.2. The zero-order chi connectivity index (χ0) is 11.8. The van der Waals surface area contributed by atoms with Crippen molar-refractivity contribution in [1.82, 2.24) is 0 Å². The molecule has 16 heavy (non-hydrogen) atoms. The molecule has 1 atom stereocenters. The van der Waals surface area contributed by atoms with Gasteiger partial charge in [0.2, 0.25) is 0 Å². The summed E-state index contributed by atoms with van der Waals surface area (Å²) in [6.07, 6.45) is 0. The molecular formula is C12H16O4. The van der Waals surface area contributed by atoms with E-state index in [1.165, 1.54) is 7.11 Å². The molecule has 4 heteroatoms. The van der Waals surface area contributed by atoms with Crippen LogP contribution in [-0.2, 0) is 14.5 Å². The molecule has 1 aromatic carbocycles. The molecule has 0 radical (unpaired) electrons. The Bertz CT molecular complexity index is 310. The molecule has 4 nitrogen and oxygen atoms in total. The van der Waals surface area contributed by atoms with Gasteiger partial charge in [0.05, 0.1) is 26.2 Å². The Morgan fingerprint density at radius 1 is 1.19 bits per heavy atom. The Labute approximate surface area is 95.1 Å². The third-order valence-electron chi connectivity index (χ3n) is 2.18. The van der Waals surface area contributed by atoms with E-state index in [0.29, 0.717) is 12.2 Å². The average molecular weight is 224 g/mol. The number of carbonyl (C=O) groups is 1. The summed E-state index contributed by atoms with van der Waals surface area (Å²) in [5, 5.41) is 0. The number of hydrogen-bond donors (Lipinski definition) is 0. The zero-order valence-corrected chi connectivity index (χ0v) is 9.51. The van der Waals surface area contributed by atoms with E-state index >= 15 is 0 Å². The Morgan fingerprint density at radius 3 is 2.44 bits per heavy atom. The lowest BCUT2D eigenvalue weighted by Gasteiger charge is -2.13. The Kier molecular flexibility index (Phi) is 5.71. The minimum absolute atomic E-state index is 0.000463. The van der Waals surface area contributed by atoms with E-state index in [0.717, 1.165) is 0 Å². The smallest absolute Gasteiger partial charge is 0.170 e. The second-order valence-corrected chi connectivity index (χ2v) is 3.33. The van der Waals surface area contributed by atoms with Crippen molar-refractivity contribution in [1.29, 1.82) is 0 Å². The first-order chi connectivity index (χ1) is 7.79. The summed E-state index contributed by atoms with van der Waals surface area (Å²) < 4.78 is 4.99. The molecule has 0 heterocycles. The number of hydrogen-bond acceptors (Lipinski definition) is 4. The van der Waals surface area contributed by atoms with Crippen LogP contribution in [0.15, 0.2) is 30.3 Å². The molecule has 0 saturated heterocycles. The minimum atomic E-state index is -0.340. The first-order valence-corrected chi connectivity index (χ1v) is 5.03. The van der Waals surface area contributed by atoms with Gasteiger partial charge in [0, 0.05) is 12.7 Å². The van der Waals surface area contributed by atoms with Gasteiger partial charge in [-0.25, -0.2) is 9.78 Å². The Balaban J connectivity index is 2.67. The molecule has 0 bridgehead atoms. The molecule has 88 valence electrons. The number of ketones is 1. The van der Waals surface area contributed by atoms with Gasteiger partial charge >= 0.3 is 0 Å². The first kappa shape index (κ1) is 12.8. The summed E-state index contributed by atoms with van der Waals surface area (Å²) in [5.41, 5.74) is 0.657. The number of benzene rings is 1. The van der Waals surface area contributed by atoms with E-state index < -0.39 is 0 Å². The van der Waals surface area contributed by atoms with Crippen molar-refractivity contribution in [3.05, 3.63) is 35.9 Å². The fourth-order valence-corrected chi connectivity index (χ4v) is 1.39. The summed E-state index contributed by atoms with van der Waals surface area (Å²) in [7, 11) is 2.97. The summed E-state index contributed by atoms with van der Waals surface area (Å²) >= 11 is 0. The molecule has 0 spiro atoms. The molecular weight excluding hydrogens is 208 g/mol. The topological polar surface area (TPSA) is 44.8 Å². The Morgan fingerprint density at radius 2 is 1.88 bits per heavy atom. The summed E-state index contributed by atoms with van der Waals surface area (Å²) in [4.78, 5) is 21.3. The lowest BCUT2D eigenvalue weighted by Crippen LogP contribution is -2.25. The zero-order valence-electron chi connectivity index (χ0n) is 9.51. The van der Waals surface area contributed by atoms with Crippen LogP contribution < -0.4 is 0 Å². The van der Waals surface area contributed by atoms with Crippen LogP contribution in [0.4, 0.5) is 0 Å². The van der Waals surface area contributed by atoms with Crippen LogP contribution in [-0.4, -0.2) is 33.2 Å². The van der Waals surface area contributed by atoms with Gasteiger partial charge in [-0.1, -0.05) is 30.3 Å². The lowest BCUT2D eigenvalue weighted by molar-refractivity contribution is -0.278. The van der Waals surface area contributed by atoms with Crippen LogP contribution in [0.2, 0.25) is 0 Å². The second-order valence-electron chi connectivity index (χ2n) is 3.33. The maximum Gasteiger partial charge on any atom is 0.170 e. The highest BCUT2D eigenvalue weighted by Gasteiger charge is 2.20. The second kappa shape index (κ2) is 7.11. The van der Waals surface area contributed by atoms with E-state index in [9.17, 15) is 4.79 Å². The molecule has 0 fully saturated rings. The maximum atomic E-state index is 12.0. The molecule has 1 rings (SSSR count). The van der Waals surface area contributed by atoms with E-state index in [-0.39, 0.29) is 18.3 Å². The fraction of sp³-hybridized carbons (Fsp3) is 0.417. The van der Waals surface area contributed by atoms with Crippen molar-refractivity contribution in [2.24, 2.45) is 5.92 Å². The molecule has 0 aliphatic heterocycles. The maximum absolute atomic E-state index is 12.0. The van der Waals surface area contributed by atoms with Crippen molar-refractivity contribution in [3.8, 4) is 0 Å². The molecule has 1 unspecified atom stereocenters. The molecule has 0 amide bonds. The van der Waals surface area contributed by atoms with Crippen LogP contribution in [0.1, 0.15) is 10.4 Å². The molecule has 0 saturated carbocycles. The standard InChI is InChI=1S/C12H16O4/c1-14-8-11(9-16-15-2)12(13)10-6-4-3-5-7-10/h3-7,11H,8-9H2,1-2H3. The number of methoxy groups -OCH3 is 1. The van der Waals surface area contributed by atoms with Gasteiger partial charge in [0.1, 0.15) is 0 Å². The predicted octanol–water partition coefficient (Wildman–Crippen LogP) is 1.71. The lowest BCUT2D eigenvalue weighted by atomic mass is 9.99. The molecule has 0 aromatic heterocycles. The van der Waals surface area contributed by atoms with E-state index in [1.807, 2.05) is 18.2 Å². The summed E-state index contributed by atoms with van der Waals surface area (Å²) in [6, 6.07) is 9.08.